The lowest BCUT2D eigenvalue weighted by molar-refractivity contribution is -0.124. The SMILES string of the molecule is CCC(=O)c1ccc(OCC(=O)NC2CCN(Cc3ccccc3OC)CC2)cc1. The molecule has 1 heterocycles. The number of ether oxygens (including phenoxy) is 2. The summed E-state index contributed by atoms with van der Waals surface area (Å²) < 4.78 is 11.0. The number of likely N-dealkylation sites (tertiary alicyclic amines) is 1. The van der Waals surface area contributed by atoms with Gasteiger partial charge in [0.2, 0.25) is 0 Å². The zero-order valence-corrected chi connectivity index (χ0v) is 17.7. The predicted molar refractivity (Wildman–Crippen MR) is 116 cm³/mol. The van der Waals surface area contributed by atoms with Crippen molar-refractivity contribution >= 4 is 11.7 Å². The zero-order valence-electron chi connectivity index (χ0n) is 17.7. The molecule has 0 aromatic heterocycles. The van der Waals surface area contributed by atoms with Crippen LogP contribution >= 0.6 is 0 Å². The van der Waals surface area contributed by atoms with E-state index in [-0.39, 0.29) is 24.3 Å². The summed E-state index contributed by atoms with van der Waals surface area (Å²) in [6, 6.07) is 15.2. The van der Waals surface area contributed by atoms with Crippen LogP contribution in [0.2, 0.25) is 0 Å². The summed E-state index contributed by atoms with van der Waals surface area (Å²) in [4.78, 5) is 26.3. The molecule has 1 N–H and O–H groups in total. The number of nitrogens with zero attached hydrogens (tertiary/aromatic N) is 1. The largest absolute Gasteiger partial charge is 0.496 e. The van der Waals surface area contributed by atoms with E-state index in [1.165, 1.54) is 5.56 Å². The molecule has 0 unspecified atom stereocenters. The van der Waals surface area contributed by atoms with Crippen LogP contribution < -0.4 is 14.8 Å². The van der Waals surface area contributed by atoms with Gasteiger partial charge >= 0.3 is 0 Å². The molecule has 1 fully saturated rings. The number of ketones is 1. The average Bonchev–Trinajstić information content (AvgIpc) is 2.79. The summed E-state index contributed by atoms with van der Waals surface area (Å²) in [5, 5.41) is 3.07. The van der Waals surface area contributed by atoms with Crippen LogP contribution in [-0.2, 0) is 11.3 Å². The third-order valence-corrected chi connectivity index (χ3v) is 5.41. The molecule has 0 radical (unpaired) electrons. The molecule has 1 amide bonds. The van der Waals surface area contributed by atoms with Gasteiger partial charge in [0.1, 0.15) is 11.5 Å². The van der Waals surface area contributed by atoms with E-state index >= 15 is 0 Å². The van der Waals surface area contributed by atoms with Gasteiger partial charge in [-0.3, -0.25) is 14.5 Å². The first-order chi connectivity index (χ1) is 14.6. The second-order valence-corrected chi connectivity index (χ2v) is 7.52. The molecule has 0 spiro atoms. The maximum atomic E-state index is 12.2. The number of Topliss-reactive ketones (excluding diaryl/α,β-unsaturated/α-hetero) is 1. The van der Waals surface area contributed by atoms with Crippen LogP contribution in [0, 0.1) is 0 Å². The van der Waals surface area contributed by atoms with E-state index in [1.807, 2.05) is 25.1 Å². The number of piperidine rings is 1. The normalized spacial score (nSPS) is 14.9. The number of rotatable bonds is 9. The van der Waals surface area contributed by atoms with Gasteiger partial charge in [0, 0.05) is 43.2 Å². The van der Waals surface area contributed by atoms with Gasteiger partial charge in [0.15, 0.2) is 12.4 Å². The predicted octanol–water partition coefficient (Wildman–Crippen LogP) is 3.45. The topological polar surface area (TPSA) is 67.9 Å². The van der Waals surface area contributed by atoms with E-state index in [1.54, 1.807) is 31.4 Å². The Balaban J connectivity index is 1.39. The van der Waals surface area contributed by atoms with Crippen molar-refractivity contribution in [3.05, 3.63) is 59.7 Å². The number of methoxy groups -OCH3 is 1. The quantitative estimate of drug-likeness (QED) is 0.642. The van der Waals surface area contributed by atoms with Crippen LogP contribution in [0.4, 0.5) is 0 Å². The van der Waals surface area contributed by atoms with Gasteiger partial charge in [-0.05, 0) is 43.2 Å². The summed E-state index contributed by atoms with van der Waals surface area (Å²) in [5.74, 6) is 1.48. The molecular formula is C24H30N2O4. The van der Waals surface area contributed by atoms with Crippen LogP contribution in [0.15, 0.2) is 48.5 Å². The van der Waals surface area contributed by atoms with Gasteiger partial charge < -0.3 is 14.8 Å². The molecule has 2 aromatic rings. The van der Waals surface area contributed by atoms with E-state index in [0.29, 0.717) is 17.7 Å². The molecule has 1 aliphatic rings. The van der Waals surface area contributed by atoms with E-state index in [4.69, 9.17) is 9.47 Å². The van der Waals surface area contributed by atoms with E-state index < -0.39 is 0 Å². The standard InChI is InChI=1S/C24H30N2O4/c1-3-22(27)18-8-10-21(11-9-18)30-17-24(28)25-20-12-14-26(15-13-20)16-19-6-4-5-7-23(19)29-2/h4-11,20H,3,12-17H2,1-2H3,(H,25,28). The third kappa shape index (κ3) is 6.07. The Kier molecular flexibility index (Phi) is 7.85. The summed E-state index contributed by atoms with van der Waals surface area (Å²) in [6.45, 7) is 4.51. The lowest BCUT2D eigenvalue weighted by Crippen LogP contribution is -2.45. The first kappa shape index (κ1) is 21.8. The number of carbonyl (C=O) groups is 2. The van der Waals surface area contributed by atoms with Crippen LogP contribution in [0.25, 0.3) is 0 Å². The van der Waals surface area contributed by atoms with Crippen molar-refractivity contribution in [1.82, 2.24) is 10.2 Å². The monoisotopic (exact) mass is 410 g/mol. The van der Waals surface area contributed by atoms with Gasteiger partial charge in [-0.15, -0.1) is 0 Å². The van der Waals surface area contributed by atoms with Crippen molar-refractivity contribution in [1.29, 1.82) is 0 Å². The van der Waals surface area contributed by atoms with Gasteiger partial charge in [-0.1, -0.05) is 25.1 Å². The fourth-order valence-corrected chi connectivity index (χ4v) is 3.67. The molecule has 0 saturated carbocycles. The Morgan fingerprint density at radius 1 is 1.07 bits per heavy atom. The minimum absolute atomic E-state index is 0.0253. The lowest BCUT2D eigenvalue weighted by Gasteiger charge is -2.32. The Morgan fingerprint density at radius 2 is 1.77 bits per heavy atom. The van der Waals surface area contributed by atoms with Crippen molar-refractivity contribution in [2.24, 2.45) is 0 Å². The van der Waals surface area contributed by atoms with Gasteiger partial charge in [0.05, 0.1) is 7.11 Å². The van der Waals surface area contributed by atoms with Crippen molar-refractivity contribution < 1.29 is 19.1 Å². The smallest absolute Gasteiger partial charge is 0.258 e. The zero-order chi connectivity index (χ0) is 21.3. The van der Waals surface area contributed by atoms with Crippen molar-refractivity contribution in [3.8, 4) is 11.5 Å². The summed E-state index contributed by atoms with van der Waals surface area (Å²) >= 11 is 0. The molecule has 30 heavy (non-hydrogen) atoms. The van der Waals surface area contributed by atoms with Crippen LogP contribution in [0.1, 0.15) is 42.1 Å². The molecule has 160 valence electrons. The number of carbonyl (C=O) groups excluding carboxylic acids is 2. The second-order valence-electron chi connectivity index (χ2n) is 7.52. The van der Waals surface area contributed by atoms with E-state index in [0.717, 1.165) is 38.2 Å². The van der Waals surface area contributed by atoms with Crippen LogP contribution in [-0.4, -0.2) is 49.4 Å². The van der Waals surface area contributed by atoms with Gasteiger partial charge in [-0.25, -0.2) is 0 Å². The molecule has 0 atom stereocenters. The molecule has 6 heteroatoms. The van der Waals surface area contributed by atoms with Crippen LogP contribution in [0.5, 0.6) is 11.5 Å². The molecule has 2 aromatic carbocycles. The van der Waals surface area contributed by atoms with Crippen LogP contribution in [0.3, 0.4) is 0 Å². The highest BCUT2D eigenvalue weighted by Crippen LogP contribution is 2.21. The van der Waals surface area contributed by atoms with Gasteiger partial charge in [-0.2, -0.15) is 0 Å². The van der Waals surface area contributed by atoms with E-state index in [9.17, 15) is 9.59 Å². The molecule has 6 nitrogen and oxygen atoms in total. The fraction of sp³-hybridized carbons (Fsp3) is 0.417. The second kappa shape index (κ2) is 10.8. The number of amides is 1. The maximum Gasteiger partial charge on any atom is 0.258 e. The minimum atomic E-state index is -0.119. The van der Waals surface area contributed by atoms with E-state index in [2.05, 4.69) is 16.3 Å². The maximum absolute atomic E-state index is 12.2. The molecule has 1 aliphatic heterocycles. The number of hydrogen-bond donors (Lipinski definition) is 1. The van der Waals surface area contributed by atoms with Gasteiger partial charge in [0.25, 0.3) is 5.91 Å². The van der Waals surface area contributed by atoms with Crippen molar-refractivity contribution in [2.75, 3.05) is 26.8 Å². The average molecular weight is 411 g/mol. The summed E-state index contributed by atoms with van der Waals surface area (Å²) in [6.07, 6.45) is 2.30. The Bertz CT molecular complexity index is 843. The molecule has 3 rings (SSSR count). The highest BCUT2D eigenvalue weighted by Gasteiger charge is 2.21. The number of para-hydroxylation sites is 1. The number of nitrogens with one attached hydrogen (secondary N) is 1. The lowest BCUT2D eigenvalue weighted by atomic mass is 10.0. The first-order valence-corrected chi connectivity index (χ1v) is 10.5. The molecular weight excluding hydrogens is 380 g/mol. The molecule has 1 saturated heterocycles. The number of hydrogen-bond acceptors (Lipinski definition) is 5. The Hall–Kier alpha value is -2.86. The Morgan fingerprint density at radius 3 is 2.43 bits per heavy atom. The van der Waals surface area contributed by atoms with Crippen molar-refractivity contribution in [2.45, 2.75) is 38.8 Å². The summed E-state index contributed by atoms with van der Waals surface area (Å²) in [7, 11) is 1.70. The minimum Gasteiger partial charge on any atom is -0.496 e. The summed E-state index contributed by atoms with van der Waals surface area (Å²) in [5.41, 5.74) is 1.84. The highest BCUT2D eigenvalue weighted by atomic mass is 16.5. The third-order valence-electron chi connectivity index (χ3n) is 5.41. The number of benzene rings is 2. The first-order valence-electron chi connectivity index (χ1n) is 10.5. The molecule has 0 bridgehead atoms. The fourth-order valence-electron chi connectivity index (χ4n) is 3.67. The Labute approximate surface area is 178 Å². The molecule has 0 aliphatic carbocycles. The van der Waals surface area contributed by atoms with Crippen molar-refractivity contribution in [3.63, 3.8) is 0 Å². The highest BCUT2D eigenvalue weighted by molar-refractivity contribution is 5.95.